The summed E-state index contributed by atoms with van der Waals surface area (Å²) in [6, 6.07) is 6.41. The Morgan fingerprint density at radius 1 is 1.28 bits per heavy atom. The molecule has 2 aromatic rings. The van der Waals surface area contributed by atoms with Crippen molar-refractivity contribution >= 4 is 36.7 Å². The Kier molecular flexibility index (Phi) is 3.59. The molecule has 0 aliphatic heterocycles. The van der Waals surface area contributed by atoms with Gasteiger partial charge in [0.1, 0.15) is 5.58 Å². The van der Waals surface area contributed by atoms with Gasteiger partial charge < -0.3 is 4.42 Å². The minimum absolute atomic E-state index is 0.0469. The van der Waals surface area contributed by atoms with Crippen molar-refractivity contribution in [1.29, 1.82) is 0 Å². The maximum atomic E-state index is 11.6. The topological polar surface area (TPSA) is 64.3 Å². The van der Waals surface area contributed by atoms with Crippen molar-refractivity contribution in [3.05, 3.63) is 44.7 Å². The van der Waals surface area contributed by atoms with E-state index in [1.54, 1.807) is 25.1 Å². The molecule has 0 unspecified atom stereocenters. The van der Waals surface area contributed by atoms with Crippen molar-refractivity contribution in [2.45, 2.75) is 12.7 Å². The molecule has 6 heteroatoms. The molecule has 0 N–H and O–H groups in total. The summed E-state index contributed by atoms with van der Waals surface area (Å²) in [6.07, 6.45) is 0. The molecule has 0 radical (unpaired) electrons. The number of hydrogen-bond acceptors (Lipinski definition) is 4. The Balaban J connectivity index is 2.67. The minimum atomic E-state index is -3.18. The summed E-state index contributed by atoms with van der Waals surface area (Å²) in [5, 5.41) is 0.648. The Labute approximate surface area is 113 Å². The summed E-state index contributed by atoms with van der Waals surface area (Å²) in [7, 11) is -3.18. The molecule has 0 bridgehead atoms. The van der Waals surface area contributed by atoms with E-state index in [-0.39, 0.29) is 11.5 Å². The predicted molar refractivity (Wildman–Crippen MR) is 73.3 cm³/mol. The summed E-state index contributed by atoms with van der Waals surface area (Å²) < 4.78 is 29.1. The molecule has 0 amide bonds. The van der Waals surface area contributed by atoms with Gasteiger partial charge in [-0.1, -0.05) is 22.9 Å². The zero-order valence-electron chi connectivity index (χ0n) is 9.64. The van der Waals surface area contributed by atoms with Crippen LogP contribution in [0, 0.1) is 0 Å². The maximum absolute atomic E-state index is 11.6. The van der Waals surface area contributed by atoms with Crippen LogP contribution in [0.15, 0.2) is 37.9 Å². The van der Waals surface area contributed by atoms with E-state index in [1.807, 2.05) is 0 Å². The van der Waals surface area contributed by atoms with Crippen LogP contribution in [0.3, 0.4) is 0 Å². The smallest absolute Gasteiger partial charge is 0.336 e. The van der Waals surface area contributed by atoms with Gasteiger partial charge in [0, 0.05) is 21.7 Å². The van der Waals surface area contributed by atoms with Crippen molar-refractivity contribution in [1.82, 2.24) is 0 Å². The predicted octanol–water partition coefficient (Wildman–Crippen LogP) is 2.49. The SMILES string of the molecule is CCS(=O)(=O)Cc1cc(=O)oc2cc(Br)ccc12. The van der Waals surface area contributed by atoms with Crippen LogP contribution < -0.4 is 5.63 Å². The number of hydrogen-bond donors (Lipinski definition) is 0. The first kappa shape index (κ1) is 13.3. The summed E-state index contributed by atoms with van der Waals surface area (Å²) >= 11 is 3.28. The van der Waals surface area contributed by atoms with Crippen LogP contribution in [0.5, 0.6) is 0 Å². The van der Waals surface area contributed by atoms with Crippen LogP contribution in [0.25, 0.3) is 11.0 Å². The first-order valence-corrected chi connectivity index (χ1v) is 7.95. The molecule has 0 saturated carbocycles. The number of fused-ring (bicyclic) bond motifs is 1. The van der Waals surface area contributed by atoms with Crippen LogP contribution >= 0.6 is 15.9 Å². The molecule has 18 heavy (non-hydrogen) atoms. The highest BCUT2D eigenvalue weighted by Crippen LogP contribution is 2.22. The van der Waals surface area contributed by atoms with Crippen molar-refractivity contribution in [3.63, 3.8) is 0 Å². The van der Waals surface area contributed by atoms with Gasteiger partial charge in [0.2, 0.25) is 0 Å². The lowest BCUT2D eigenvalue weighted by atomic mass is 10.1. The summed E-state index contributed by atoms with van der Waals surface area (Å²) in [5.74, 6) is -0.0987. The molecular formula is C12H11BrO4S. The largest absolute Gasteiger partial charge is 0.423 e. The van der Waals surface area contributed by atoms with Gasteiger partial charge >= 0.3 is 5.63 Å². The van der Waals surface area contributed by atoms with Crippen LogP contribution in [-0.4, -0.2) is 14.2 Å². The molecule has 0 aliphatic rings. The lowest BCUT2D eigenvalue weighted by Crippen LogP contribution is -2.09. The number of halogens is 1. The van der Waals surface area contributed by atoms with Gasteiger partial charge in [0.25, 0.3) is 0 Å². The second kappa shape index (κ2) is 4.85. The van der Waals surface area contributed by atoms with E-state index in [4.69, 9.17) is 4.42 Å². The lowest BCUT2D eigenvalue weighted by molar-refractivity contribution is 0.559. The van der Waals surface area contributed by atoms with Gasteiger partial charge in [-0.15, -0.1) is 0 Å². The Morgan fingerprint density at radius 3 is 2.67 bits per heavy atom. The van der Waals surface area contributed by atoms with E-state index < -0.39 is 15.5 Å². The van der Waals surface area contributed by atoms with Crippen molar-refractivity contribution in [2.24, 2.45) is 0 Å². The number of rotatable bonds is 3. The highest BCUT2D eigenvalue weighted by atomic mass is 79.9. The van der Waals surface area contributed by atoms with Gasteiger partial charge in [-0.05, 0) is 23.8 Å². The fraction of sp³-hybridized carbons (Fsp3) is 0.250. The normalized spacial score (nSPS) is 11.9. The van der Waals surface area contributed by atoms with E-state index in [0.717, 1.165) is 4.47 Å². The highest BCUT2D eigenvalue weighted by Gasteiger charge is 2.13. The molecule has 0 spiro atoms. The molecular weight excluding hydrogens is 320 g/mol. The molecule has 1 aromatic heterocycles. The monoisotopic (exact) mass is 330 g/mol. The molecule has 2 rings (SSSR count). The first-order chi connectivity index (χ1) is 8.41. The van der Waals surface area contributed by atoms with E-state index >= 15 is 0 Å². The first-order valence-electron chi connectivity index (χ1n) is 5.34. The van der Waals surface area contributed by atoms with Gasteiger partial charge in [-0.2, -0.15) is 0 Å². The van der Waals surface area contributed by atoms with Gasteiger partial charge in [-0.3, -0.25) is 0 Å². The fourth-order valence-corrected chi connectivity index (χ4v) is 2.92. The second-order valence-corrected chi connectivity index (χ2v) is 7.18. The van der Waals surface area contributed by atoms with Gasteiger partial charge in [-0.25, -0.2) is 13.2 Å². The number of sulfone groups is 1. The highest BCUT2D eigenvalue weighted by molar-refractivity contribution is 9.10. The standard InChI is InChI=1S/C12H11BrO4S/c1-2-18(15,16)7-8-5-12(14)17-11-6-9(13)3-4-10(8)11/h3-6H,2,7H2,1H3. The molecule has 0 fully saturated rings. The van der Waals surface area contributed by atoms with Gasteiger partial charge in [0.15, 0.2) is 9.84 Å². The third-order valence-corrected chi connectivity index (χ3v) is 4.73. The Morgan fingerprint density at radius 2 is 2.00 bits per heavy atom. The van der Waals surface area contributed by atoms with Crippen LogP contribution in [0.1, 0.15) is 12.5 Å². The van der Waals surface area contributed by atoms with E-state index in [1.165, 1.54) is 6.07 Å². The Hall–Kier alpha value is -1.14. The molecule has 1 aromatic carbocycles. The van der Waals surface area contributed by atoms with Gasteiger partial charge in [0.05, 0.1) is 5.75 Å². The molecule has 96 valence electrons. The van der Waals surface area contributed by atoms with Crippen LogP contribution in [0.4, 0.5) is 0 Å². The zero-order valence-corrected chi connectivity index (χ0v) is 12.0. The van der Waals surface area contributed by atoms with Crippen molar-refractivity contribution in [2.75, 3.05) is 5.75 Å². The van der Waals surface area contributed by atoms with Crippen molar-refractivity contribution in [3.8, 4) is 0 Å². The zero-order chi connectivity index (χ0) is 13.3. The summed E-state index contributed by atoms with van der Waals surface area (Å²) in [6.45, 7) is 1.58. The van der Waals surface area contributed by atoms with Crippen molar-refractivity contribution < 1.29 is 12.8 Å². The summed E-state index contributed by atoms with van der Waals surface area (Å²) in [5.41, 5.74) is 0.329. The average molecular weight is 331 g/mol. The summed E-state index contributed by atoms with van der Waals surface area (Å²) in [4.78, 5) is 11.4. The molecule has 0 saturated heterocycles. The Bertz CT molecular complexity index is 746. The molecule has 1 heterocycles. The van der Waals surface area contributed by atoms with E-state index in [0.29, 0.717) is 16.5 Å². The average Bonchev–Trinajstić information content (AvgIpc) is 2.27. The third-order valence-electron chi connectivity index (χ3n) is 2.61. The van der Waals surface area contributed by atoms with E-state index in [9.17, 15) is 13.2 Å². The molecule has 4 nitrogen and oxygen atoms in total. The maximum Gasteiger partial charge on any atom is 0.336 e. The quantitative estimate of drug-likeness (QED) is 0.811. The third kappa shape index (κ3) is 2.81. The van der Waals surface area contributed by atoms with Crippen LogP contribution in [0.2, 0.25) is 0 Å². The minimum Gasteiger partial charge on any atom is -0.423 e. The fourth-order valence-electron chi connectivity index (χ4n) is 1.66. The number of benzene rings is 1. The molecule has 0 atom stereocenters. The second-order valence-electron chi connectivity index (χ2n) is 3.91. The lowest BCUT2D eigenvalue weighted by Gasteiger charge is -2.05. The molecule has 0 aliphatic carbocycles. The van der Waals surface area contributed by atoms with Crippen LogP contribution in [-0.2, 0) is 15.6 Å². The van der Waals surface area contributed by atoms with E-state index in [2.05, 4.69) is 15.9 Å².